The molecule has 100 valence electrons. The lowest BCUT2D eigenvalue weighted by Gasteiger charge is -2.02. The summed E-state index contributed by atoms with van der Waals surface area (Å²) in [7, 11) is 0. The molecule has 1 nitrogen and oxygen atoms in total. The van der Waals surface area contributed by atoms with Gasteiger partial charge >= 0.3 is 0 Å². The van der Waals surface area contributed by atoms with E-state index in [1.165, 1.54) is 51.4 Å². The molecule has 0 saturated carbocycles. The zero-order valence-electron chi connectivity index (χ0n) is 11.6. The lowest BCUT2D eigenvalue weighted by molar-refractivity contribution is -0.118. The molecule has 0 spiro atoms. The highest BCUT2D eigenvalue weighted by Gasteiger charge is 2.02. The normalized spacial score (nSPS) is 10.5. The number of hydrogen-bond donors (Lipinski definition) is 0. The van der Waals surface area contributed by atoms with E-state index in [1.807, 2.05) is 6.92 Å². The van der Waals surface area contributed by atoms with Crippen LogP contribution in [0, 0.1) is 0 Å². The molecule has 0 bridgehead atoms. The van der Waals surface area contributed by atoms with Crippen molar-refractivity contribution in [1.82, 2.24) is 0 Å². The Balaban J connectivity index is 3.13. The number of thiocarbonyl (C=S) groups is 1. The number of Topliss-reactive ketones (excluding diaryl/α,β-unsaturated/α-hetero) is 1. The Morgan fingerprint density at radius 1 is 0.882 bits per heavy atom. The fraction of sp³-hybridized carbons (Fsp3) is 0.867. The molecule has 0 aliphatic heterocycles. The number of carbonyl (C=O) groups is 1. The van der Waals surface area contributed by atoms with Gasteiger partial charge < -0.3 is 0 Å². The van der Waals surface area contributed by atoms with Gasteiger partial charge in [0.2, 0.25) is 0 Å². The van der Waals surface area contributed by atoms with E-state index < -0.39 is 0 Å². The average Bonchev–Trinajstić information content (AvgIpc) is 2.26. The van der Waals surface area contributed by atoms with Crippen LogP contribution >= 0.6 is 12.2 Å². The Bertz CT molecular complexity index is 211. The van der Waals surface area contributed by atoms with E-state index in [2.05, 4.69) is 6.92 Å². The average molecular weight is 256 g/mol. The van der Waals surface area contributed by atoms with Gasteiger partial charge in [0, 0.05) is 12.8 Å². The van der Waals surface area contributed by atoms with Crippen LogP contribution in [0.25, 0.3) is 0 Å². The molecule has 0 aromatic rings. The van der Waals surface area contributed by atoms with Gasteiger partial charge in [0.25, 0.3) is 0 Å². The van der Waals surface area contributed by atoms with Crippen LogP contribution in [0.1, 0.15) is 84.5 Å². The number of rotatable bonds is 12. The van der Waals surface area contributed by atoms with Crippen molar-refractivity contribution in [1.29, 1.82) is 0 Å². The summed E-state index contributed by atoms with van der Waals surface area (Å²) < 4.78 is 0. The van der Waals surface area contributed by atoms with Crippen molar-refractivity contribution < 1.29 is 4.79 Å². The molecule has 0 N–H and O–H groups in total. The van der Waals surface area contributed by atoms with Crippen LogP contribution in [0.2, 0.25) is 0 Å². The van der Waals surface area contributed by atoms with Gasteiger partial charge in [-0.05, 0) is 18.2 Å². The topological polar surface area (TPSA) is 17.1 Å². The summed E-state index contributed by atoms with van der Waals surface area (Å²) in [6, 6.07) is 0. The molecule has 0 amide bonds. The minimum atomic E-state index is 0.320. The predicted octanol–water partition coefficient (Wildman–Crippen LogP) is 5.26. The second-order valence-electron chi connectivity index (χ2n) is 5.00. The Morgan fingerprint density at radius 3 is 1.82 bits per heavy atom. The predicted molar refractivity (Wildman–Crippen MR) is 79.7 cm³/mol. The Kier molecular flexibility index (Phi) is 12.1. The van der Waals surface area contributed by atoms with Crippen molar-refractivity contribution in [2.75, 3.05) is 0 Å². The van der Waals surface area contributed by atoms with Crippen molar-refractivity contribution in [3.05, 3.63) is 0 Å². The summed E-state index contributed by atoms with van der Waals surface area (Å²) >= 11 is 4.92. The quantitative estimate of drug-likeness (QED) is 0.350. The third kappa shape index (κ3) is 13.7. The SMILES string of the molecule is CCCCCCCCCCCC(=O)CC(C)=S. The zero-order valence-corrected chi connectivity index (χ0v) is 12.4. The van der Waals surface area contributed by atoms with Crippen LogP contribution in [0.5, 0.6) is 0 Å². The molecular formula is C15H28OS. The van der Waals surface area contributed by atoms with Crippen LogP contribution in [0.3, 0.4) is 0 Å². The van der Waals surface area contributed by atoms with Crippen molar-refractivity contribution in [2.24, 2.45) is 0 Å². The minimum Gasteiger partial charge on any atom is -0.299 e. The molecule has 0 aliphatic rings. The van der Waals surface area contributed by atoms with Crippen molar-refractivity contribution in [3.8, 4) is 0 Å². The van der Waals surface area contributed by atoms with Gasteiger partial charge in [-0.3, -0.25) is 4.79 Å². The summed E-state index contributed by atoms with van der Waals surface area (Å²) in [5, 5.41) is 0. The second-order valence-corrected chi connectivity index (χ2v) is 5.69. The molecule has 0 aromatic carbocycles. The summed E-state index contributed by atoms with van der Waals surface area (Å²) in [6.07, 6.45) is 13.0. The van der Waals surface area contributed by atoms with Crippen LogP contribution in [0.4, 0.5) is 0 Å². The first kappa shape index (κ1) is 16.8. The zero-order chi connectivity index (χ0) is 12.9. The monoisotopic (exact) mass is 256 g/mol. The van der Waals surface area contributed by atoms with Crippen molar-refractivity contribution in [2.45, 2.75) is 84.5 Å². The number of unbranched alkanes of at least 4 members (excludes halogenated alkanes) is 8. The molecular weight excluding hydrogens is 228 g/mol. The van der Waals surface area contributed by atoms with E-state index >= 15 is 0 Å². The van der Waals surface area contributed by atoms with Crippen LogP contribution in [0.15, 0.2) is 0 Å². The maximum absolute atomic E-state index is 11.4. The molecule has 0 unspecified atom stereocenters. The largest absolute Gasteiger partial charge is 0.299 e. The first-order valence-corrected chi connectivity index (χ1v) is 7.58. The van der Waals surface area contributed by atoms with E-state index in [9.17, 15) is 4.79 Å². The second kappa shape index (κ2) is 12.2. The van der Waals surface area contributed by atoms with E-state index in [4.69, 9.17) is 12.2 Å². The number of ketones is 1. The maximum atomic E-state index is 11.4. The summed E-state index contributed by atoms with van der Waals surface area (Å²) in [4.78, 5) is 12.2. The molecule has 0 aromatic heterocycles. The molecule has 17 heavy (non-hydrogen) atoms. The fourth-order valence-corrected chi connectivity index (χ4v) is 2.16. The van der Waals surface area contributed by atoms with Gasteiger partial charge in [0.1, 0.15) is 5.78 Å². The van der Waals surface area contributed by atoms with E-state index in [1.54, 1.807) is 0 Å². The standard InChI is InChI=1S/C15H28OS/c1-3-4-5-6-7-8-9-10-11-12-15(16)13-14(2)17/h3-13H2,1-2H3. The molecule has 0 saturated heterocycles. The summed E-state index contributed by atoms with van der Waals surface area (Å²) in [5.41, 5.74) is 0. The van der Waals surface area contributed by atoms with E-state index in [0.29, 0.717) is 12.2 Å². The Labute approximate surface area is 112 Å². The number of carbonyl (C=O) groups excluding carboxylic acids is 1. The van der Waals surface area contributed by atoms with Gasteiger partial charge in [-0.1, -0.05) is 70.5 Å². The van der Waals surface area contributed by atoms with Crippen LogP contribution in [-0.2, 0) is 4.79 Å². The lowest BCUT2D eigenvalue weighted by atomic mass is 10.0. The first-order valence-electron chi connectivity index (χ1n) is 7.18. The van der Waals surface area contributed by atoms with Crippen LogP contribution < -0.4 is 0 Å². The Hall–Kier alpha value is -0.240. The molecule has 0 heterocycles. The molecule has 0 atom stereocenters. The number of hydrogen-bond acceptors (Lipinski definition) is 2. The molecule has 0 radical (unpaired) electrons. The smallest absolute Gasteiger partial charge is 0.137 e. The van der Waals surface area contributed by atoms with Crippen molar-refractivity contribution >= 4 is 22.9 Å². The summed E-state index contributed by atoms with van der Waals surface area (Å²) in [6.45, 7) is 4.10. The third-order valence-electron chi connectivity index (χ3n) is 3.01. The fourth-order valence-electron chi connectivity index (χ4n) is 2.00. The van der Waals surface area contributed by atoms with Crippen LogP contribution in [-0.4, -0.2) is 10.6 Å². The van der Waals surface area contributed by atoms with Gasteiger partial charge in [0.15, 0.2) is 0 Å². The highest BCUT2D eigenvalue weighted by molar-refractivity contribution is 7.80. The minimum absolute atomic E-state index is 0.320. The van der Waals surface area contributed by atoms with Gasteiger partial charge in [-0.25, -0.2) is 0 Å². The van der Waals surface area contributed by atoms with Gasteiger partial charge in [-0.15, -0.1) is 0 Å². The highest BCUT2D eigenvalue weighted by atomic mass is 32.1. The van der Waals surface area contributed by atoms with Crippen molar-refractivity contribution in [3.63, 3.8) is 0 Å². The molecule has 0 aliphatic carbocycles. The maximum Gasteiger partial charge on any atom is 0.137 e. The molecule has 0 rings (SSSR count). The summed E-state index contributed by atoms with van der Waals surface area (Å²) in [5.74, 6) is 0.320. The first-order chi connectivity index (χ1) is 8.16. The molecule has 2 heteroatoms. The third-order valence-corrected chi connectivity index (χ3v) is 3.15. The van der Waals surface area contributed by atoms with Gasteiger partial charge in [-0.2, -0.15) is 0 Å². The Morgan fingerprint density at radius 2 is 1.35 bits per heavy atom. The van der Waals surface area contributed by atoms with Gasteiger partial charge in [0.05, 0.1) is 0 Å². The lowest BCUT2D eigenvalue weighted by Crippen LogP contribution is -2.02. The molecule has 0 fully saturated rings. The van der Waals surface area contributed by atoms with E-state index in [0.717, 1.165) is 17.7 Å². The highest BCUT2D eigenvalue weighted by Crippen LogP contribution is 2.11. The van der Waals surface area contributed by atoms with E-state index in [-0.39, 0.29) is 0 Å².